The lowest BCUT2D eigenvalue weighted by Crippen LogP contribution is -2.20. The Morgan fingerprint density at radius 3 is 2.33 bits per heavy atom. The van der Waals surface area contributed by atoms with E-state index in [9.17, 15) is 4.39 Å². The summed E-state index contributed by atoms with van der Waals surface area (Å²) < 4.78 is 14.4. The summed E-state index contributed by atoms with van der Waals surface area (Å²) in [5.41, 5.74) is 3.76. The van der Waals surface area contributed by atoms with Crippen molar-refractivity contribution < 1.29 is 4.39 Å². The Kier molecular flexibility index (Phi) is 5.43. The van der Waals surface area contributed by atoms with Crippen molar-refractivity contribution in [2.75, 3.05) is 12.8 Å². The molecule has 2 aromatic rings. The zero-order valence-electron chi connectivity index (χ0n) is 13.0. The van der Waals surface area contributed by atoms with E-state index in [1.54, 1.807) is 6.07 Å². The van der Waals surface area contributed by atoms with Crippen molar-refractivity contribution in [3.05, 3.63) is 64.5 Å². The molecule has 0 saturated carbocycles. The van der Waals surface area contributed by atoms with Gasteiger partial charge < -0.3 is 5.32 Å². The van der Waals surface area contributed by atoms with Gasteiger partial charge in [-0.2, -0.15) is 0 Å². The summed E-state index contributed by atoms with van der Waals surface area (Å²) in [5.74, 6) is 0.916. The first-order chi connectivity index (χ1) is 10.1. The van der Waals surface area contributed by atoms with E-state index in [1.807, 2.05) is 38.7 Å². The van der Waals surface area contributed by atoms with Crippen LogP contribution in [0.5, 0.6) is 0 Å². The molecule has 2 rings (SSSR count). The van der Waals surface area contributed by atoms with E-state index >= 15 is 0 Å². The fourth-order valence-corrected chi connectivity index (χ4v) is 3.36. The van der Waals surface area contributed by atoms with Crippen molar-refractivity contribution in [1.82, 2.24) is 5.32 Å². The van der Waals surface area contributed by atoms with Crippen LogP contribution in [0.1, 0.15) is 35.2 Å². The van der Waals surface area contributed by atoms with E-state index in [4.69, 9.17) is 0 Å². The summed E-state index contributed by atoms with van der Waals surface area (Å²) >= 11 is 1.81. The minimum Gasteiger partial charge on any atom is -0.309 e. The normalized spacial score (nSPS) is 12.4. The van der Waals surface area contributed by atoms with Gasteiger partial charge in [-0.1, -0.05) is 25.1 Å². The quantitative estimate of drug-likeness (QED) is 0.791. The van der Waals surface area contributed by atoms with Gasteiger partial charge in [-0.3, -0.25) is 0 Å². The third-order valence-electron chi connectivity index (χ3n) is 3.58. The summed E-state index contributed by atoms with van der Waals surface area (Å²) in [7, 11) is 1.87. The molecule has 2 aromatic carbocycles. The Labute approximate surface area is 131 Å². The van der Waals surface area contributed by atoms with Crippen molar-refractivity contribution in [2.24, 2.45) is 0 Å². The van der Waals surface area contributed by atoms with E-state index < -0.39 is 0 Å². The SMILES string of the molecule is CCSc1ccc(C(NC)c2c(C)cc(C)cc2F)cc1. The van der Waals surface area contributed by atoms with E-state index in [0.29, 0.717) is 0 Å². The minimum absolute atomic E-state index is 0.119. The van der Waals surface area contributed by atoms with Gasteiger partial charge in [0.05, 0.1) is 6.04 Å². The number of nitrogens with one attached hydrogen (secondary N) is 1. The fraction of sp³-hybridized carbons (Fsp3) is 0.333. The molecule has 3 heteroatoms. The third-order valence-corrected chi connectivity index (χ3v) is 4.48. The Morgan fingerprint density at radius 2 is 1.81 bits per heavy atom. The molecule has 0 heterocycles. The van der Waals surface area contributed by atoms with Gasteiger partial charge in [0.15, 0.2) is 0 Å². The number of benzene rings is 2. The molecule has 112 valence electrons. The monoisotopic (exact) mass is 303 g/mol. The predicted octanol–water partition coefficient (Wildman–Crippen LogP) is 4.86. The molecule has 0 aliphatic rings. The van der Waals surface area contributed by atoms with Crippen molar-refractivity contribution in [1.29, 1.82) is 0 Å². The predicted molar refractivity (Wildman–Crippen MR) is 89.6 cm³/mol. The van der Waals surface area contributed by atoms with Crippen molar-refractivity contribution in [2.45, 2.75) is 31.7 Å². The highest BCUT2D eigenvalue weighted by atomic mass is 32.2. The molecule has 0 spiro atoms. The zero-order chi connectivity index (χ0) is 15.4. The first-order valence-corrected chi connectivity index (χ1v) is 8.22. The summed E-state index contributed by atoms with van der Waals surface area (Å²) in [6, 6.07) is 11.9. The molecule has 1 unspecified atom stereocenters. The summed E-state index contributed by atoms with van der Waals surface area (Å²) in [5, 5.41) is 3.24. The molecule has 1 nitrogen and oxygen atoms in total. The third kappa shape index (κ3) is 3.66. The molecule has 0 amide bonds. The second-order valence-corrected chi connectivity index (χ2v) is 6.54. The topological polar surface area (TPSA) is 12.0 Å². The van der Waals surface area contributed by atoms with Gasteiger partial charge in [0.25, 0.3) is 0 Å². The molecule has 0 aliphatic heterocycles. The van der Waals surface area contributed by atoms with Gasteiger partial charge in [-0.15, -0.1) is 11.8 Å². The largest absolute Gasteiger partial charge is 0.309 e. The van der Waals surface area contributed by atoms with Crippen LogP contribution in [0.15, 0.2) is 41.3 Å². The van der Waals surface area contributed by atoms with Crippen LogP contribution >= 0.6 is 11.8 Å². The average Bonchev–Trinajstić information content (AvgIpc) is 2.44. The van der Waals surface area contributed by atoms with Crippen LogP contribution in [0.2, 0.25) is 0 Å². The number of halogens is 1. The lowest BCUT2D eigenvalue weighted by molar-refractivity contribution is 0.572. The van der Waals surface area contributed by atoms with Gasteiger partial charge in [0.1, 0.15) is 5.82 Å². The Balaban J connectivity index is 2.40. The molecule has 0 radical (unpaired) electrons. The van der Waals surface area contributed by atoms with Gasteiger partial charge in [-0.25, -0.2) is 4.39 Å². The molecule has 0 fully saturated rings. The molecule has 1 N–H and O–H groups in total. The lowest BCUT2D eigenvalue weighted by atomic mass is 9.93. The van der Waals surface area contributed by atoms with E-state index in [-0.39, 0.29) is 11.9 Å². The highest BCUT2D eigenvalue weighted by Crippen LogP contribution is 2.29. The Hall–Kier alpha value is -1.32. The molecule has 21 heavy (non-hydrogen) atoms. The van der Waals surface area contributed by atoms with Crippen LogP contribution in [0.25, 0.3) is 0 Å². The molecular weight excluding hydrogens is 281 g/mol. The summed E-state index contributed by atoms with van der Waals surface area (Å²) in [4.78, 5) is 1.25. The summed E-state index contributed by atoms with van der Waals surface area (Å²) in [6.45, 7) is 6.03. The van der Waals surface area contributed by atoms with Gasteiger partial charge in [-0.05, 0) is 61.5 Å². The summed E-state index contributed by atoms with van der Waals surface area (Å²) in [6.07, 6.45) is 0. The highest BCUT2D eigenvalue weighted by Gasteiger charge is 2.18. The maximum atomic E-state index is 14.4. The second-order valence-electron chi connectivity index (χ2n) is 5.20. The maximum Gasteiger partial charge on any atom is 0.128 e. The maximum absolute atomic E-state index is 14.4. The molecule has 0 saturated heterocycles. The first kappa shape index (κ1) is 16.1. The standard InChI is InChI=1S/C18H22FNS/c1-5-21-15-8-6-14(7-9-15)18(20-4)17-13(3)10-12(2)11-16(17)19/h6-11,18,20H,5H2,1-4H3. The highest BCUT2D eigenvalue weighted by molar-refractivity contribution is 7.99. The van der Waals surface area contributed by atoms with Crippen LogP contribution in [0.4, 0.5) is 4.39 Å². The van der Waals surface area contributed by atoms with Crippen LogP contribution in [0.3, 0.4) is 0 Å². The van der Waals surface area contributed by atoms with Crippen LogP contribution < -0.4 is 5.32 Å². The van der Waals surface area contributed by atoms with Crippen molar-refractivity contribution in [3.63, 3.8) is 0 Å². The molecular formula is C18H22FNS. The van der Waals surface area contributed by atoms with Crippen LogP contribution in [0, 0.1) is 19.7 Å². The van der Waals surface area contributed by atoms with Gasteiger partial charge in [0.2, 0.25) is 0 Å². The van der Waals surface area contributed by atoms with Gasteiger partial charge >= 0.3 is 0 Å². The van der Waals surface area contributed by atoms with Gasteiger partial charge in [0, 0.05) is 10.5 Å². The molecule has 0 bridgehead atoms. The van der Waals surface area contributed by atoms with E-state index in [1.165, 1.54) is 4.90 Å². The number of rotatable bonds is 5. The number of aryl methyl sites for hydroxylation is 2. The molecule has 1 atom stereocenters. The number of hydrogen-bond acceptors (Lipinski definition) is 2. The van der Waals surface area contributed by atoms with Crippen LogP contribution in [-0.4, -0.2) is 12.8 Å². The van der Waals surface area contributed by atoms with E-state index in [2.05, 4.69) is 36.5 Å². The molecule has 0 aromatic heterocycles. The minimum atomic E-state index is -0.140. The molecule has 0 aliphatic carbocycles. The number of hydrogen-bond donors (Lipinski definition) is 1. The zero-order valence-corrected chi connectivity index (χ0v) is 13.9. The van der Waals surface area contributed by atoms with E-state index in [0.717, 1.165) is 28.0 Å². The van der Waals surface area contributed by atoms with Crippen LogP contribution in [-0.2, 0) is 0 Å². The first-order valence-electron chi connectivity index (χ1n) is 7.23. The second kappa shape index (κ2) is 7.10. The average molecular weight is 303 g/mol. The smallest absolute Gasteiger partial charge is 0.128 e. The van der Waals surface area contributed by atoms with Crippen molar-refractivity contribution in [3.8, 4) is 0 Å². The number of thioether (sulfide) groups is 1. The Bertz CT molecular complexity index is 584. The lowest BCUT2D eigenvalue weighted by Gasteiger charge is -2.21. The van der Waals surface area contributed by atoms with Crippen molar-refractivity contribution >= 4 is 11.8 Å². The Morgan fingerprint density at radius 1 is 1.14 bits per heavy atom. The fourth-order valence-electron chi connectivity index (χ4n) is 2.69.